The summed E-state index contributed by atoms with van der Waals surface area (Å²) >= 11 is 0. The molecule has 0 amide bonds. The predicted octanol–water partition coefficient (Wildman–Crippen LogP) is 4.98. The van der Waals surface area contributed by atoms with E-state index in [0.717, 1.165) is 21.2 Å². The first-order valence-electron chi connectivity index (χ1n) is 9.08. The Bertz CT molecular complexity index is 883. The second-order valence-electron chi connectivity index (χ2n) is 6.53. The molecule has 0 aliphatic heterocycles. The van der Waals surface area contributed by atoms with E-state index in [4.69, 9.17) is 4.31 Å². The van der Waals surface area contributed by atoms with Crippen LogP contribution >= 0.6 is 15.5 Å². The van der Waals surface area contributed by atoms with Gasteiger partial charge in [-0.05, 0) is 0 Å². The van der Waals surface area contributed by atoms with Crippen LogP contribution in [0.5, 0.6) is 0 Å². The molecule has 4 rings (SSSR count). The Balaban J connectivity index is 2.30. The Kier molecular flexibility index (Phi) is 5.20. The zero-order valence-corrected chi connectivity index (χ0v) is 17.0. The molecule has 0 aromatic heterocycles. The standard InChI is InChI=1S/C24H20O2P2/c25-27-26-28(21-13-5-1-6-14-21,22-15-7-2-8-16-22,23-17-9-3-10-18-23)24-19-11-4-12-20-24/h1-20H. The van der Waals surface area contributed by atoms with Crippen LogP contribution in [0.15, 0.2) is 121 Å². The van der Waals surface area contributed by atoms with Crippen LogP contribution in [-0.2, 0) is 8.88 Å². The van der Waals surface area contributed by atoms with Crippen LogP contribution in [-0.4, -0.2) is 0 Å². The van der Waals surface area contributed by atoms with E-state index in [1.807, 2.05) is 72.8 Å². The summed E-state index contributed by atoms with van der Waals surface area (Å²) in [6.45, 7) is -3.70. The molecule has 0 atom stereocenters. The van der Waals surface area contributed by atoms with Gasteiger partial charge in [0.05, 0.1) is 0 Å². The molecule has 0 saturated carbocycles. The van der Waals surface area contributed by atoms with Gasteiger partial charge in [0.15, 0.2) is 0 Å². The van der Waals surface area contributed by atoms with Gasteiger partial charge in [-0.2, -0.15) is 0 Å². The Hall–Kier alpha value is -2.63. The second-order valence-corrected chi connectivity index (χ2v) is 11.5. The zero-order chi connectivity index (χ0) is 19.3. The summed E-state index contributed by atoms with van der Waals surface area (Å²) in [5, 5.41) is 4.06. The van der Waals surface area contributed by atoms with Crippen LogP contribution in [0.25, 0.3) is 0 Å². The fourth-order valence-corrected chi connectivity index (χ4v) is 10.8. The molecule has 0 aliphatic rings. The number of hydrogen-bond acceptors (Lipinski definition) is 2. The quantitative estimate of drug-likeness (QED) is 0.425. The van der Waals surface area contributed by atoms with Crippen LogP contribution in [0.2, 0.25) is 0 Å². The fourth-order valence-electron chi connectivity index (χ4n) is 4.00. The van der Waals surface area contributed by atoms with Gasteiger partial charge in [-0.1, -0.05) is 0 Å². The van der Waals surface area contributed by atoms with E-state index >= 15 is 0 Å². The van der Waals surface area contributed by atoms with E-state index < -0.39 is 6.83 Å². The van der Waals surface area contributed by atoms with E-state index in [1.54, 1.807) is 0 Å². The van der Waals surface area contributed by atoms with Gasteiger partial charge in [-0.25, -0.2) is 0 Å². The van der Waals surface area contributed by atoms with Crippen LogP contribution < -0.4 is 21.2 Å². The molecule has 0 radical (unpaired) electrons. The molecule has 0 heterocycles. The third-order valence-corrected chi connectivity index (χ3v) is 11.9. The van der Waals surface area contributed by atoms with E-state index in [2.05, 4.69) is 48.5 Å². The Morgan fingerprint density at radius 3 is 0.929 bits per heavy atom. The molecule has 28 heavy (non-hydrogen) atoms. The summed E-state index contributed by atoms with van der Waals surface area (Å²) in [5.41, 5.74) is 0. The second kappa shape index (κ2) is 7.78. The molecule has 0 aliphatic carbocycles. The number of rotatable bonds is 6. The first kappa shape index (κ1) is 18.7. The maximum absolute atomic E-state index is 12.2. The molecule has 4 aromatic carbocycles. The first-order chi connectivity index (χ1) is 13.8. The summed E-state index contributed by atoms with van der Waals surface area (Å²) in [7, 11) is -0.357. The van der Waals surface area contributed by atoms with E-state index in [9.17, 15) is 4.57 Å². The fraction of sp³-hybridized carbons (Fsp3) is 0. The number of hydrogen-bond donors (Lipinski definition) is 0. The Morgan fingerprint density at radius 2 is 0.714 bits per heavy atom. The first-order valence-corrected chi connectivity index (χ1v) is 12.0. The third kappa shape index (κ3) is 2.65. The molecule has 0 spiro atoms. The molecule has 0 fully saturated rings. The topological polar surface area (TPSA) is 26.3 Å². The SMILES string of the molecule is O=POP(c1ccccc1)(c1ccccc1)(c1ccccc1)c1ccccc1. The zero-order valence-electron chi connectivity index (χ0n) is 15.3. The summed E-state index contributed by atoms with van der Waals surface area (Å²) in [6.07, 6.45) is 0. The molecule has 4 aromatic rings. The summed E-state index contributed by atoms with van der Waals surface area (Å²) in [4.78, 5) is 0. The number of benzene rings is 4. The van der Waals surface area contributed by atoms with Crippen molar-refractivity contribution in [2.45, 2.75) is 0 Å². The van der Waals surface area contributed by atoms with Crippen molar-refractivity contribution in [2.75, 3.05) is 0 Å². The normalized spacial score (nSPS) is 12.9. The van der Waals surface area contributed by atoms with E-state index in [1.165, 1.54) is 0 Å². The maximum atomic E-state index is 12.2. The summed E-state index contributed by atoms with van der Waals surface area (Å²) < 4.78 is 18.7. The van der Waals surface area contributed by atoms with Crippen molar-refractivity contribution in [3.8, 4) is 0 Å². The Morgan fingerprint density at radius 1 is 0.464 bits per heavy atom. The van der Waals surface area contributed by atoms with Crippen LogP contribution in [0.1, 0.15) is 0 Å². The predicted molar refractivity (Wildman–Crippen MR) is 120 cm³/mol. The van der Waals surface area contributed by atoms with Gasteiger partial charge in [-0.3, -0.25) is 0 Å². The van der Waals surface area contributed by atoms with Crippen molar-refractivity contribution in [2.24, 2.45) is 0 Å². The van der Waals surface area contributed by atoms with Gasteiger partial charge in [0, 0.05) is 0 Å². The van der Waals surface area contributed by atoms with Crippen molar-refractivity contribution in [3.05, 3.63) is 121 Å². The molecule has 138 valence electrons. The molecule has 0 bridgehead atoms. The van der Waals surface area contributed by atoms with Crippen LogP contribution in [0.3, 0.4) is 0 Å². The van der Waals surface area contributed by atoms with Gasteiger partial charge in [0.25, 0.3) is 0 Å². The van der Waals surface area contributed by atoms with Crippen molar-refractivity contribution in [1.82, 2.24) is 0 Å². The molecule has 0 N–H and O–H groups in total. The average Bonchev–Trinajstić information content (AvgIpc) is 2.80. The Labute approximate surface area is 167 Å². The summed E-state index contributed by atoms with van der Waals surface area (Å²) in [5.74, 6) is 0. The third-order valence-electron chi connectivity index (χ3n) is 5.19. The molecule has 4 heteroatoms. The average molecular weight is 402 g/mol. The van der Waals surface area contributed by atoms with Gasteiger partial charge in [-0.15, -0.1) is 0 Å². The van der Waals surface area contributed by atoms with E-state index in [0.29, 0.717) is 0 Å². The van der Waals surface area contributed by atoms with Gasteiger partial charge in [0.2, 0.25) is 0 Å². The molecule has 0 saturated heterocycles. The van der Waals surface area contributed by atoms with Gasteiger partial charge >= 0.3 is 167 Å². The monoisotopic (exact) mass is 402 g/mol. The molecule has 2 nitrogen and oxygen atoms in total. The minimum atomic E-state index is -3.70. The van der Waals surface area contributed by atoms with Crippen molar-refractivity contribution < 1.29 is 8.88 Å². The van der Waals surface area contributed by atoms with E-state index in [-0.39, 0.29) is 8.69 Å². The molecular formula is C24H20O2P2. The van der Waals surface area contributed by atoms with Gasteiger partial charge < -0.3 is 0 Å². The van der Waals surface area contributed by atoms with Crippen molar-refractivity contribution in [1.29, 1.82) is 0 Å². The van der Waals surface area contributed by atoms with Crippen molar-refractivity contribution in [3.63, 3.8) is 0 Å². The van der Waals surface area contributed by atoms with Gasteiger partial charge in [0.1, 0.15) is 0 Å². The molecule has 0 unspecified atom stereocenters. The minimum absolute atomic E-state index is 0.357. The van der Waals surface area contributed by atoms with Crippen LogP contribution in [0, 0.1) is 0 Å². The van der Waals surface area contributed by atoms with Crippen molar-refractivity contribution >= 4 is 36.7 Å². The summed E-state index contributed by atoms with van der Waals surface area (Å²) in [6, 6.07) is 40.7. The van der Waals surface area contributed by atoms with Crippen LogP contribution in [0.4, 0.5) is 0 Å². The molecular weight excluding hydrogens is 382 g/mol.